The van der Waals surface area contributed by atoms with Crippen LogP contribution in [-0.2, 0) is 14.1 Å². The van der Waals surface area contributed by atoms with E-state index in [9.17, 15) is 4.79 Å². The highest BCUT2D eigenvalue weighted by Crippen LogP contribution is 2.40. The van der Waals surface area contributed by atoms with Gasteiger partial charge in [-0.05, 0) is 38.0 Å². The van der Waals surface area contributed by atoms with E-state index in [4.69, 9.17) is 4.98 Å². The van der Waals surface area contributed by atoms with Crippen LogP contribution in [-0.4, -0.2) is 25.2 Å². The third-order valence-corrected chi connectivity index (χ3v) is 6.24. The van der Waals surface area contributed by atoms with Gasteiger partial charge >= 0.3 is 0 Å². The zero-order valence-corrected chi connectivity index (χ0v) is 16.2. The maximum Gasteiger partial charge on any atom is 0.280 e. The van der Waals surface area contributed by atoms with Crippen LogP contribution in [0.3, 0.4) is 0 Å². The first-order valence-electron chi connectivity index (χ1n) is 9.01. The molecule has 1 amide bonds. The Balaban J connectivity index is 1.72. The number of thiazole rings is 1. The summed E-state index contributed by atoms with van der Waals surface area (Å²) < 4.78 is 4.84. The number of benzene rings is 1. The maximum absolute atomic E-state index is 13.2. The van der Waals surface area contributed by atoms with Gasteiger partial charge in [0, 0.05) is 25.7 Å². The molecule has 0 atom stereocenters. The summed E-state index contributed by atoms with van der Waals surface area (Å²) in [4.78, 5) is 23.1. The number of pyridine rings is 1. The topological polar surface area (TPSA) is 65.1 Å². The molecule has 136 valence electrons. The molecular weight excluding hydrogens is 358 g/mol. The smallest absolute Gasteiger partial charge is 0.280 e. The van der Waals surface area contributed by atoms with Crippen molar-refractivity contribution in [3.8, 4) is 0 Å². The molecule has 1 aliphatic carbocycles. The van der Waals surface area contributed by atoms with Gasteiger partial charge < -0.3 is 4.57 Å². The first kappa shape index (κ1) is 16.4. The number of aromatic nitrogens is 4. The van der Waals surface area contributed by atoms with Gasteiger partial charge in [0.1, 0.15) is 0 Å². The van der Waals surface area contributed by atoms with Crippen molar-refractivity contribution in [1.29, 1.82) is 0 Å². The van der Waals surface area contributed by atoms with Crippen molar-refractivity contribution in [1.82, 2.24) is 19.3 Å². The lowest BCUT2D eigenvalue weighted by atomic mass is 10.1. The average molecular weight is 377 g/mol. The SMILES string of the molecule is Cc1nn(C)c2nc(C3CC3)cc(C(=O)N=c3sc4ccccc4n3C)c12. The lowest BCUT2D eigenvalue weighted by Gasteiger charge is -2.04. The van der Waals surface area contributed by atoms with E-state index in [0.29, 0.717) is 16.3 Å². The second-order valence-corrected chi connectivity index (χ2v) is 8.11. The fourth-order valence-electron chi connectivity index (χ4n) is 3.56. The van der Waals surface area contributed by atoms with Crippen molar-refractivity contribution in [3.63, 3.8) is 0 Å². The summed E-state index contributed by atoms with van der Waals surface area (Å²) in [5, 5.41) is 5.28. The molecule has 0 spiro atoms. The van der Waals surface area contributed by atoms with Gasteiger partial charge in [-0.25, -0.2) is 4.98 Å². The normalized spacial score (nSPS) is 15.1. The Bertz CT molecular complexity index is 1290. The molecule has 1 aliphatic rings. The first-order chi connectivity index (χ1) is 13.0. The molecule has 0 N–H and O–H groups in total. The van der Waals surface area contributed by atoms with Gasteiger partial charge in [0.2, 0.25) is 0 Å². The fraction of sp³-hybridized carbons (Fsp3) is 0.300. The van der Waals surface area contributed by atoms with Crippen molar-refractivity contribution < 1.29 is 4.79 Å². The Morgan fingerprint density at radius 2 is 2.04 bits per heavy atom. The van der Waals surface area contributed by atoms with Crippen LogP contribution in [0.2, 0.25) is 0 Å². The quantitative estimate of drug-likeness (QED) is 0.537. The summed E-state index contributed by atoms with van der Waals surface area (Å²) in [6.07, 6.45) is 2.26. The van der Waals surface area contributed by atoms with Crippen LogP contribution in [0.4, 0.5) is 0 Å². The number of fused-ring (bicyclic) bond motifs is 2. The van der Waals surface area contributed by atoms with E-state index < -0.39 is 0 Å². The molecule has 5 rings (SSSR count). The van der Waals surface area contributed by atoms with E-state index in [0.717, 1.165) is 45.5 Å². The number of carbonyl (C=O) groups is 1. The number of hydrogen-bond acceptors (Lipinski definition) is 4. The van der Waals surface area contributed by atoms with Crippen LogP contribution in [0.5, 0.6) is 0 Å². The lowest BCUT2D eigenvalue weighted by Crippen LogP contribution is -2.14. The Hall–Kier alpha value is -2.80. The van der Waals surface area contributed by atoms with Crippen molar-refractivity contribution in [2.24, 2.45) is 19.1 Å². The summed E-state index contributed by atoms with van der Waals surface area (Å²) in [5.74, 6) is 0.221. The molecule has 3 heterocycles. The van der Waals surface area contributed by atoms with Gasteiger partial charge in [0.05, 0.1) is 26.9 Å². The molecule has 0 unspecified atom stereocenters. The highest BCUT2D eigenvalue weighted by Gasteiger charge is 2.28. The van der Waals surface area contributed by atoms with E-state index in [1.54, 1.807) is 4.68 Å². The van der Waals surface area contributed by atoms with Gasteiger partial charge in [-0.3, -0.25) is 9.48 Å². The second kappa shape index (κ2) is 5.85. The third kappa shape index (κ3) is 2.61. The molecule has 7 heteroatoms. The molecule has 4 aromatic rings. The Labute approximate surface area is 159 Å². The number of carbonyl (C=O) groups excluding carboxylic acids is 1. The number of para-hydroxylation sites is 1. The lowest BCUT2D eigenvalue weighted by molar-refractivity contribution is 0.0999. The van der Waals surface area contributed by atoms with Crippen molar-refractivity contribution in [3.05, 3.63) is 52.1 Å². The maximum atomic E-state index is 13.2. The number of nitrogens with zero attached hydrogens (tertiary/aromatic N) is 5. The van der Waals surface area contributed by atoms with Crippen LogP contribution in [0.25, 0.3) is 21.3 Å². The van der Waals surface area contributed by atoms with E-state index in [1.807, 2.05) is 55.9 Å². The zero-order chi connectivity index (χ0) is 18.7. The van der Waals surface area contributed by atoms with Crippen molar-refractivity contribution in [2.45, 2.75) is 25.7 Å². The largest absolute Gasteiger partial charge is 0.319 e. The number of rotatable bonds is 2. The van der Waals surface area contributed by atoms with E-state index in [1.165, 1.54) is 11.3 Å². The number of aryl methyl sites for hydroxylation is 3. The summed E-state index contributed by atoms with van der Waals surface area (Å²) in [6.45, 7) is 1.91. The minimum atomic E-state index is -0.234. The third-order valence-electron chi connectivity index (χ3n) is 5.13. The average Bonchev–Trinajstić information content (AvgIpc) is 3.41. The van der Waals surface area contributed by atoms with Gasteiger partial charge in [-0.2, -0.15) is 10.1 Å². The van der Waals surface area contributed by atoms with Crippen molar-refractivity contribution in [2.75, 3.05) is 0 Å². The van der Waals surface area contributed by atoms with Gasteiger partial charge in [0.15, 0.2) is 10.4 Å². The van der Waals surface area contributed by atoms with Crippen LogP contribution in [0, 0.1) is 6.92 Å². The number of hydrogen-bond donors (Lipinski definition) is 0. The Morgan fingerprint density at radius 3 is 2.78 bits per heavy atom. The number of amides is 1. The Morgan fingerprint density at radius 1 is 1.26 bits per heavy atom. The molecule has 3 aromatic heterocycles. The van der Waals surface area contributed by atoms with Gasteiger partial charge in [-0.15, -0.1) is 0 Å². The first-order valence-corrected chi connectivity index (χ1v) is 9.82. The van der Waals surface area contributed by atoms with Crippen LogP contribution >= 0.6 is 11.3 Å². The minimum absolute atomic E-state index is 0.234. The van der Waals surface area contributed by atoms with Crippen LogP contribution < -0.4 is 4.80 Å². The summed E-state index contributed by atoms with van der Waals surface area (Å²) in [6, 6.07) is 10.0. The molecule has 0 bridgehead atoms. The summed E-state index contributed by atoms with van der Waals surface area (Å²) >= 11 is 1.52. The van der Waals surface area contributed by atoms with E-state index in [2.05, 4.69) is 10.1 Å². The molecule has 0 saturated heterocycles. The monoisotopic (exact) mass is 377 g/mol. The van der Waals surface area contributed by atoms with Crippen LogP contribution in [0.1, 0.15) is 40.5 Å². The zero-order valence-electron chi connectivity index (χ0n) is 15.4. The minimum Gasteiger partial charge on any atom is -0.319 e. The predicted octanol–water partition coefficient (Wildman–Crippen LogP) is 3.45. The van der Waals surface area contributed by atoms with Crippen LogP contribution in [0.15, 0.2) is 35.3 Å². The van der Waals surface area contributed by atoms with E-state index in [-0.39, 0.29) is 5.91 Å². The second-order valence-electron chi connectivity index (χ2n) is 7.10. The van der Waals surface area contributed by atoms with Gasteiger partial charge in [0.25, 0.3) is 5.91 Å². The Kier molecular flexibility index (Phi) is 3.55. The fourth-order valence-corrected chi connectivity index (χ4v) is 4.57. The molecular formula is C20H19N5OS. The molecule has 27 heavy (non-hydrogen) atoms. The standard InChI is InChI=1S/C20H19N5OS/c1-11-17-13(10-14(12-8-9-12)21-18(17)25(3)23-11)19(26)22-20-24(2)15-6-4-5-7-16(15)27-20/h4-7,10,12H,8-9H2,1-3H3. The highest BCUT2D eigenvalue weighted by atomic mass is 32.1. The summed E-state index contributed by atoms with van der Waals surface area (Å²) in [7, 11) is 3.81. The molecule has 0 aliphatic heterocycles. The molecule has 0 radical (unpaired) electrons. The molecule has 1 saturated carbocycles. The summed E-state index contributed by atoms with van der Waals surface area (Å²) in [5.41, 5.74) is 4.22. The van der Waals surface area contributed by atoms with Crippen molar-refractivity contribution >= 4 is 38.5 Å². The predicted molar refractivity (Wildman–Crippen MR) is 106 cm³/mol. The molecule has 1 aromatic carbocycles. The van der Waals surface area contributed by atoms with E-state index >= 15 is 0 Å². The molecule has 1 fully saturated rings. The van der Waals surface area contributed by atoms with Gasteiger partial charge in [-0.1, -0.05) is 23.5 Å². The molecule has 6 nitrogen and oxygen atoms in total. The highest BCUT2D eigenvalue weighted by molar-refractivity contribution is 7.16.